The summed E-state index contributed by atoms with van der Waals surface area (Å²) in [7, 11) is -3.44. The Morgan fingerprint density at radius 2 is 1.87 bits per heavy atom. The maximum atomic E-state index is 12.9. The molecule has 0 radical (unpaired) electrons. The van der Waals surface area contributed by atoms with Crippen molar-refractivity contribution in [2.24, 2.45) is 0 Å². The Kier molecular flexibility index (Phi) is 5.53. The standard InChI is InChI=1S/C16H19BrN2O2S2/c17-15-6-1-2-7-16(15)23(20,21)19-9-4-8-18(10-11-19)13-14-5-3-12-22-14/h1-3,5-7,12H,4,8-11,13H2. The molecule has 124 valence electrons. The van der Waals surface area contributed by atoms with Crippen LogP contribution in [0.3, 0.4) is 0 Å². The zero-order valence-corrected chi connectivity index (χ0v) is 15.9. The first-order chi connectivity index (χ1) is 11.1. The van der Waals surface area contributed by atoms with Crippen LogP contribution in [0.1, 0.15) is 11.3 Å². The second kappa shape index (κ2) is 7.44. The van der Waals surface area contributed by atoms with Gasteiger partial charge in [0.25, 0.3) is 0 Å². The highest BCUT2D eigenvalue weighted by molar-refractivity contribution is 9.10. The summed E-state index contributed by atoms with van der Waals surface area (Å²) in [6, 6.07) is 11.2. The molecule has 1 aromatic heterocycles. The van der Waals surface area contributed by atoms with Crippen LogP contribution in [0.15, 0.2) is 51.1 Å². The number of nitrogens with zero attached hydrogens (tertiary/aromatic N) is 2. The van der Waals surface area contributed by atoms with E-state index in [1.165, 1.54) is 4.88 Å². The molecule has 0 atom stereocenters. The maximum Gasteiger partial charge on any atom is 0.244 e. The van der Waals surface area contributed by atoms with E-state index in [4.69, 9.17) is 0 Å². The van der Waals surface area contributed by atoms with Crippen molar-refractivity contribution in [3.8, 4) is 0 Å². The minimum Gasteiger partial charge on any atom is -0.297 e. The highest BCUT2D eigenvalue weighted by Gasteiger charge is 2.28. The van der Waals surface area contributed by atoms with E-state index >= 15 is 0 Å². The Bertz CT molecular complexity index is 747. The van der Waals surface area contributed by atoms with E-state index in [0.29, 0.717) is 22.5 Å². The minimum atomic E-state index is -3.44. The molecule has 2 heterocycles. The molecule has 4 nitrogen and oxygen atoms in total. The molecule has 0 bridgehead atoms. The summed E-state index contributed by atoms with van der Waals surface area (Å²) in [5.74, 6) is 0. The number of benzene rings is 1. The highest BCUT2D eigenvalue weighted by Crippen LogP contribution is 2.25. The Morgan fingerprint density at radius 3 is 2.61 bits per heavy atom. The van der Waals surface area contributed by atoms with Crippen molar-refractivity contribution in [2.45, 2.75) is 17.9 Å². The van der Waals surface area contributed by atoms with E-state index in [9.17, 15) is 8.42 Å². The second-order valence-corrected chi connectivity index (χ2v) is 9.34. The zero-order valence-electron chi connectivity index (χ0n) is 12.7. The minimum absolute atomic E-state index is 0.353. The fourth-order valence-corrected chi connectivity index (χ4v) is 5.94. The van der Waals surface area contributed by atoms with Crippen molar-refractivity contribution in [3.63, 3.8) is 0 Å². The first kappa shape index (κ1) is 17.1. The molecule has 3 rings (SSSR count). The summed E-state index contributed by atoms with van der Waals surface area (Å²) < 4.78 is 28.0. The van der Waals surface area contributed by atoms with Gasteiger partial charge in [-0.25, -0.2) is 8.42 Å². The molecule has 1 aliphatic rings. The van der Waals surface area contributed by atoms with Crippen molar-refractivity contribution in [1.82, 2.24) is 9.21 Å². The van der Waals surface area contributed by atoms with Crippen molar-refractivity contribution < 1.29 is 8.42 Å². The molecule has 1 saturated heterocycles. The predicted octanol–water partition coefficient (Wildman–Crippen LogP) is 3.41. The van der Waals surface area contributed by atoms with Gasteiger partial charge in [-0.3, -0.25) is 4.90 Å². The summed E-state index contributed by atoms with van der Waals surface area (Å²) in [6.45, 7) is 3.71. The number of halogens is 1. The molecule has 0 spiro atoms. The number of rotatable bonds is 4. The van der Waals surface area contributed by atoms with E-state index in [-0.39, 0.29) is 0 Å². The van der Waals surface area contributed by atoms with Gasteiger partial charge in [-0.05, 0) is 52.5 Å². The van der Waals surface area contributed by atoms with E-state index in [1.54, 1.807) is 33.8 Å². The van der Waals surface area contributed by atoms with Gasteiger partial charge in [0.2, 0.25) is 10.0 Å². The average Bonchev–Trinajstić information content (AvgIpc) is 2.91. The molecule has 1 fully saturated rings. The van der Waals surface area contributed by atoms with Crippen molar-refractivity contribution in [3.05, 3.63) is 51.1 Å². The van der Waals surface area contributed by atoms with Gasteiger partial charge < -0.3 is 0 Å². The number of hydrogen-bond acceptors (Lipinski definition) is 4. The van der Waals surface area contributed by atoms with Gasteiger partial charge in [0.1, 0.15) is 0 Å². The third-order valence-electron chi connectivity index (χ3n) is 3.96. The molecule has 0 N–H and O–H groups in total. The molecule has 0 amide bonds. The van der Waals surface area contributed by atoms with Crippen LogP contribution in [0.4, 0.5) is 0 Å². The average molecular weight is 415 g/mol. The van der Waals surface area contributed by atoms with Crippen LogP contribution in [0.2, 0.25) is 0 Å². The summed E-state index contributed by atoms with van der Waals surface area (Å²) in [4.78, 5) is 4.01. The topological polar surface area (TPSA) is 40.6 Å². The van der Waals surface area contributed by atoms with Gasteiger partial charge in [-0.1, -0.05) is 18.2 Å². The van der Waals surface area contributed by atoms with Crippen molar-refractivity contribution >= 4 is 37.3 Å². The molecular formula is C16H19BrN2O2S2. The molecule has 1 aliphatic heterocycles. The molecule has 23 heavy (non-hydrogen) atoms. The van der Waals surface area contributed by atoms with E-state index in [2.05, 4.69) is 38.3 Å². The van der Waals surface area contributed by atoms with Crippen LogP contribution in [-0.4, -0.2) is 43.8 Å². The molecule has 1 aromatic carbocycles. The molecule has 0 aliphatic carbocycles. The largest absolute Gasteiger partial charge is 0.297 e. The lowest BCUT2D eigenvalue weighted by atomic mass is 10.3. The van der Waals surface area contributed by atoms with Crippen LogP contribution in [0.5, 0.6) is 0 Å². The zero-order chi connectivity index (χ0) is 16.3. The van der Waals surface area contributed by atoms with E-state index in [1.807, 2.05) is 6.07 Å². The third-order valence-corrected chi connectivity index (χ3v) is 7.73. The summed E-state index contributed by atoms with van der Waals surface area (Å²) in [5, 5.41) is 2.08. The maximum absolute atomic E-state index is 12.9. The first-order valence-corrected chi connectivity index (χ1v) is 10.7. The Balaban J connectivity index is 1.71. The number of sulfonamides is 1. The van der Waals surface area contributed by atoms with Crippen molar-refractivity contribution in [2.75, 3.05) is 26.2 Å². The van der Waals surface area contributed by atoms with Gasteiger partial charge in [0.15, 0.2) is 0 Å². The SMILES string of the molecule is O=S(=O)(c1ccccc1Br)N1CCCN(Cc2cccs2)CC1. The van der Waals surface area contributed by atoms with Crippen LogP contribution in [0, 0.1) is 0 Å². The van der Waals surface area contributed by atoms with Gasteiger partial charge in [-0.2, -0.15) is 4.31 Å². The molecular weight excluding hydrogens is 396 g/mol. The van der Waals surface area contributed by atoms with Gasteiger partial charge >= 0.3 is 0 Å². The fraction of sp³-hybridized carbons (Fsp3) is 0.375. The third kappa shape index (κ3) is 4.03. The molecule has 2 aromatic rings. The van der Waals surface area contributed by atoms with Crippen molar-refractivity contribution in [1.29, 1.82) is 0 Å². The second-order valence-electron chi connectivity index (χ2n) is 5.54. The smallest absolute Gasteiger partial charge is 0.244 e. The van der Waals surface area contributed by atoms with Crippen LogP contribution in [0.25, 0.3) is 0 Å². The quantitative estimate of drug-likeness (QED) is 0.769. The first-order valence-electron chi connectivity index (χ1n) is 7.57. The van der Waals surface area contributed by atoms with Gasteiger partial charge in [0, 0.05) is 35.5 Å². The summed E-state index contributed by atoms with van der Waals surface area (Å²) in [5.41, 5.74) is 0. The number of thiophene rings is 1. The van der Waals surface area contributed by atoms with Gasteiger partial charge in [0.05, 0.1) is 4.90 Å². The Morgan fingerprint density at radius 1 is 1.04 bits per heavy atom. The van der Waals surface area contributed by atoms with Crippen LogP contribution in [-0.2, 0) is 16.6 Å². The van der Waals surface area contributed by atoms with Gasteiger partial charge in [-0.15, -0.1) is 11.3 Å². The monoisotopic (exact) mass is 414 g/mol. The Labute approximate surface area is 149 Å². The lowest BCUT2D eigenvalue weighted by Gasteiger charge is -2.22. The number of hydrogen-bond donors (Lipinski definition) is 0. The van der Waals surface area contributed by atoms with E-state index < -0.39 is 10.0 Å². The summed E-state index contributed by atoms with van der Waals surface area (Å²) in [6.07, 6.45) is 0.856. The Hall–Kier alpha value is -0.730. The van der Waals surface area contributed by atoms with Crippen LogP contribution >= 0.6 is 27.3 Å². The molecule has 7 heteroatoms. The van der Waals surface area contributed by atoms with E-state index in [0.717, 1.165) is 26.1 Å². The fourth-order valence-electron chi connectivity index (χ4n) is 2.76. The highest BCUT2D eigenvalue weighted by atomic mass is 79.9. The lowest BCUT2D eigenvalue weighted by molar-refractivity contribution is 0.281. The lowest BCUT2D eigenvalue weighted by Crippen LogP contribution is -2.35. The summed E-state index contributed by atoms with van der Waals surface area (Å²) >= 11 is 5.10. The predicted molar refractivity (Wildman–Crippen MR) is 97.1 cm³/mol. The molecule has 0 unspecified atom stereocenters. The van der Waals surface area contributed by atoms with Crippen LogP contribution < -0.4 is 0 Å². The molecule has 0 saturated carbocycles. The normalized spacial score (nSPS) is 18.0.